The van der Waals surface area contributed by atoms with Gasteiger partial charge in [0.25, 0.3) is 0 Å². The van der Waals surface area contributed by atoms with E-state index in [4.69, 9.17) is 0 Å². The van der Waals surface area contributed by atoms with Crippen molar-refractivity contribution in [3.05, 3.63) is 71.3 Å². The monoisotopic (exact) mass is 296 g/mol. The molecule has 0 aliphatic carbocycles. The Hall–Kier alpha value is -2.62. The van der Waals surface area contributed by atoms with Gasteiger partial charge in [0.1, 0.15) is 0 Å². The van der Waals surface area contributed by atoms with Gasteiger partial charge in [-0.1, -0.05) is 35.9 Å². The second kappa shape index (κ2) is 5.64. The molecule has 2 nitrogen and oxygen atoms in total. The van der Waals surface area contributed by atoms with Crippen LogP contribution in [0.25, 0.3) is 22.5 Å². The van der Waals surface area contributed by atoms with E-state index in [-0.39, 0.29) is 11.1 Å². The Kier molecular flexibility index (Phi) is 3.67. The normalized spacial score (nSPS) is 10.7. The Morgan fingerprint density at radius 2 is 1.32 bits per heavy atom. The van der Waals surface area contributed by atoms with E-state index >= 15 is 0 Å². The van der Waals surface area contributed by atoms with E-state index in [2.05, 4.69) is 10.2 Å². The maximum absolute atomic E-state index is 14.0. The van der Waals surface area contributed by atoms with Crippen LogP contribution in [0.3, 0.4) is 0 Å². The zero-order valence-electron chi connectivity index (χ0n) is 12.3. The Morgan fingerprint density at radius 3 is 1.95 bits per heavy atom. The van der Waals surface area contributed by atoms with Crippen LogP contribution < -0.4 is 0 Å². The first-order valence-electron chi connectivity index (χ1n) is 6.92. The van der Waals surface area contributed by atoms with Crippen LogP contribution in [0.2, 0.25) is 0 Å². The minimum Gasteiger partial charge on any atom is -0.203 e. The highest BCUT2D eigenvalue weighted by Crippen LogP contribution is 2.25. The molecule has 4 heteroatoms. The van der Waals surface area contributed by atoms with Gasteiger partial charge in [-0.15, -0.1) is 10.2 Å². The van der Waals surface area contributed by atoms with Crippen molar-refractivity contribution in [3.8, 4) is 22.5 Å². The fourth-order valence-corrected chi connectivity index (χ4v) is 2.20. The lowest BCUT2D eigenvalue weighted by atomic mass is 10.1. The van der Waals surface area contributed by atoms with E-state index in [0.717, 1.165) is 11.1 Å². The molecule has 0 fully saturated rings. The third-order valence-corrected chi connectivity index (χ3v) is 3.56. The van der Waals surface area contributed by atoms with Gasteiger partial charge in [0.15, 0.2) is 11.6 Å². The highest BCUT2D eigenvalue weighted by Gasteiger charge is 2.14. The first kappa shape index (κ1) is 14.3. The molecule has 0 saturated heterocycles. The first-order chi connectivity index (χ1) is 10.6. The van der Waals surface area contributed by atoms with Gasteiger partial charge in [-0.05, 0) is 37.6 Å². The summed E-state index contributed by atoms with van der Waals surface area (Å²) in [5, 5.41) is 8.13. The summed E-state index contributed by atoms with van der Waals surface area (Å²) < 4.78 is 27.6. The number of hydrogen-bond acceptors (Lipinski definition) is 2. The molecular weight excluding hydrogens is 282 g/mol. The lowest BCUT2D eigenvalue weighted by molar-refractivity contribution is 0.505. The van der Waals surface area contributed by atoms with Gasteiger partial charge >= 0.3 is 0 Å². The highest BCUT2D eigenvalue weighted by atomic mass is 19.2. The minimum atomic E-state index is -0.891. The number of halogens is 2. The molecule has 0 radical (unpaired) electrons. The van der Waals surface area contributed by atoms with E-state index < -0.39 is 11.6 Å². The van der Waals surface area contributed by atoms with E-state index in [1.807, 2.05) is 31.2 Å². The van der Waals surface area contributed by atoms with Crippen LogP contribution in [0.15, 0.2) is 48.5 Å². The largest absolute Gasteiger partial charge is 0.203 e. The topological polar surface area (TPSA) is 25.8 Å². The molecule has 0 spiro atoms. The molecule has 0 N–H and O–H groups in total. The number of aryl methyl sites for hydroxylation is 2. The van der Waals surface area contributed by atoms with Crippen molar-refractivity contribution in [2.45, 2.75) is 13.8 Å². The van der Waals surface area contributed by atoms with Crippen LogP contribution in [0.5, 0.6) is 0 Å². The average Bonchev–Trinajstić information content (AvgIpc) is 2.54. The van der Waals surface area contributed by atoms with Crippen molar-refractivity contribution in [3.63, 3.8) is 0 Å². The predicted octanol–water partition coefficient (Wildman–Crippen LogP) is 4.71. The fraction of sp³-hybridized carbons (Fsp3) is 0.111. The molecule has 1 heterocycles. The van der Waals surface area contributed by atoms with Gasteiger partial charge in [-0.25, -0.2) is 8.78 Å². The number of rotatable bonds is 2. The Morgan fingerprint density at radius 1 is 0.682 bits per heavy atom. The van der Waals surface area contributed by atoms with Crippen LogP contribution in [0.4, 0.5) is 8.78 Å². The highest BCUT2D eigenvalue weighted by molar-refractivity contribution is 5.64. The molecule has 0 atom stereocenters. The van der Waals surface area contributed by atoms with Crippen molar-refractivity contribution in [1.82, 2.24) is 10.2 Å². The lowest BCUT2D eigenvalue weighted by Gasteiger charge is -2.06. The summed E-state index contributed by atoms with van der Waals surface area (Å²) in [4.78, 5) is 0. The van der Waals surface area contributed by atoms with Crippen molar-refractivity contribution < 1.29 is 8.78 Å². The molecule has 0 bridgehead atoms. The minimum absolute atomic E-state index is 0.117. The maximum atomic E-state index is 14.0. The van der Waals surface area contributed by atoms with Crippen LogP contribution in [-0.2, 0) is 0 Å². The molecule has 1 aromatic heterocycles. The molecule has 3 aromatic rings. The Labute approximate surface area is 127 Å². The van der Waals surface area contributed by atoms with Gasteiger partial charge in [-0.2, -0.15) is 0 Å². The lowest BCUT2D eigenvalue weighted by Crippen LogP contribution is -1.96. The zero-order valence-corrected chi connectivity index (χ0v) is 12.3. The predicted molar refractivity (Wildman–Crippen MR) is 82.3 cm³/mol. The standard InChI is InChI=1S/C18H14F2N2/c1-11-3-6-13(7-4-11)15-9-10-16(22-21-15)14-8-5-12(2)17(19)18(14)20/h3-10H,1-2H3. The molecule has 0 aliphatic heterocycles. The molecular formula is C18H14F2N2. The zero-order chi connectivity index (χ0) is 15.7. The van der Waals surface area contributed by atoms with Crippen molar-refractivity contribution in [2.24, 2.45) is 0 Å². The van der Waals surface area contributed by atoms with Gasteiger partial charge in [0.05, 0.1) is 11.4 Å². The third kappa shape index (κ3) is 2.60. The van der Waals surface area contributed by atoms with Gasteiger partial charge in [-0.3, -0.25) is 0 Å². The van der Waals surface area contributed by atoms with Crippen molar-refractivity contribution in [2.75, 3.05) is 0 Å². The van der Waals surface area contributed by atoms with Crippen molar-refractivity contribution in [1.29, 1.82) is 0 Å². The molecule has 2 aromatic carbocycles. The molecule has 0 amide bonds. The number of benzene rings is 2. The summed E-state index contributed by atoms with van der Waals surface area (Å²) in [5.74, 6) is -1.74. The first-order valence-corrected chi connectivity index (χ1v) is 6.92. The Bertz CT molecular complexity index is 810. The molecule has 0 saturated carbocycles. The molecule has 3 rings (SSSR count). The van der Waals surface area contributed by atoms with Crippen LogP contribution >= 0.6 is 0 Å². The summed E-state index contributed by atoms with van der Waals surface area (Å²) in [6.07, 6.45) is 0. The summed E-state index contributed by atoms with van der Waals surface area (Å²) in [6, 6.07) is 14.3. The van der Waals surface area contributed by atoms with Gasteiger partial charge in [0.2, 0.25) is 0 Å². The molecule has 0 unspecified atom stereocenters. The van der Waals surface area contributed by atoms with Gasteiger partial charge in [0, 0.05) is 11.1 Å². The van der Waals surface area contributed by atoms with E-state index in [9.17, 15) is 8.78 Å². The van der Waals surface area contributed by atoms with Crippen LogP contribution in [0, 0.1) is 25.5 Å². The third-order valence-electron chi connectivity index (χ3n) is 3.56. The number of nitrogens with zero attached hydrogens (tertiary/aromatic N) is 2. The maximum Gasteiger partial charge on any atom is 0.168 e. The summed E-state index contributed by atoms with van der Waals surface area (Å²) in [5.41, 5.74) is 3.48. The second-order valence-corrected chi connectivity index (χ2v) is 5.23. The Balaban J connectivity index is 1.98. The number of aromatic nitrogens is 2. The number of hydrogen-bond donors (Lipinski definition) is 0. The van der Waals surface area contributed by atoms with Gasteiger partial charge < -0.3 is 0 Å². The molecule has 0 aliphatic rings. The second-order valence-electron chi connectivity index (χ2n) is 5.23. The van der Waals surface area contributed by atoms with E-state index in [1.54, 1.807) is 12.1 Å². The van der Waals surface area contributed by atoms with E-state index in [0.29, 0.717) is 11.4 Å². The summed E-state index contributed by atoms with van der Waals surface area (Å²) >= 11 is 0. The van der Waals surface area contributed by atoms with Crippen LogP contribution in [0.1, 0.15) is 11.1 Å². The summed E-state index contributed by atoms with van der Waals surface area (Å²) in [6.45, 7) is 3.53. The molecule has 22 heavy (non-hydrogen) atoms. The SMILES string of the molecule is Cc1ccc(-c2ccc(-c3ccc(C)c(F)c3F)nn2)cc1. The average molecular weight is 296 g/mol. The smallest absolute Gasteiger partial charge is 0.168 e. The van der Waals surface area contributed by atoms with E-state index in [1.165, 1.54) is 19.1 Å². The van der Waals surface area contributed by atoms with Crippen LogP contribution in [-0.4, -0.2) is 10.2 Å². The summed E-state index contributed by atoms with van der Waals surface area (Å²) in [7, 11) is 0. The quantitative estimate of drug-likeness (QED) is 0.684. The van der Waals surface area contributed by atoms with Crippen molar-refractivity contribution >= 4 is 0 Å². The molecule has 110 valence electrons. The fourth-order valence-electron chi connectivity index (χ4n) is 2.20.